The van der Waals surface area contributed by atoms with E-state index in [1.165, 1.54) is 7.11 Å². The van der Waals surface area contributed by atoms with Gasteiger partial charge in [0.25, 0.3) is 0 Å². The monoisotopic (exact) mass is 278 g/mol. The van der Waals surface area contributed by atoms with E-state index in [0.29, 0.717) is 0 Å². The first kappa shape index (κ1) is 16.2. The summed E-state index contributed by atoms with van der Waals surface area (Å²) in [6, 6.07) is 8.19. The number of para-hydroxylation sites is 1. The van der Waals surface area contributed by atoms with Gasteiger partial charge in [0.1, 0.15) is 6.04 Å². The molecular weight excluding hydrogens is 256 g/mol. The second-order valence-electron chi connectivity index (χ2n) is 4.99. The van der Waals surface area contributed by atoms with Crippen LogP contribution in [0.1, 0.15) is 20.8 Å². The van der Waals surface area contributed by atoms with Crippen LogP contribution in [0.3, 0.4) is 0 Å². The molecule has 0 radical (unpaired) electrons. The van der Waals surface area contributed by atoms with Crippen LogP contribution < -0.4 is 10.6 Å². The summed E-state index contributed by atoms with van der Waals surface area (Å²) in [4.78, 5) is 23.7. The number of ether oxygens (including phenoxy) is 1. The highest BCUT2D eigenvalue weighted by atomic mass is 16.5. The number of esters is 1. The molecule has 0 spiro atoms. The van der Waals surface area contributed by atoms with Gasteiger partial charge in [-0.1, -0.05) is 32.0 Å². The van der Waals surface area contributed by atoms with Crippen LogP contribution in [0.25, 0.3) is 0 Å². The van der Waals surface area contributed by atoms with Crippen molar-refractivity contribution >= 4 is 17.6 Å². The highest BCUT2D eigenvalue weighted by Gasteiger charge is 2.26. The molecule has 2 unspecified atom stereocenters. The highest BCUT2D eigenvalue weighted by molar-refractivity contribution is 5.94. The van der Waals surface area contributed by atoms with Gasteiger partial charge in [0, 0.05) is 5.69 Å². The van der Waals surface area contributed by atoms with E-state index in [1.807, 2.05) is 44.2 Å². The van der Waals surface area contributed by atoms with Crippen LogP contribution in [-0.4, -0.2) is 31.1 Å². The number of methoxy groups -OCH3 is 1. The summed E-state index contributed by atoms with van der Waals surface area (Å²) in [6.45, 7) is 5.52. The van der Waals surface area contributed by atoms with E-state index in [9.17, 15) is 9.59 Å². The lowest BCUT2D eigenvalue weighted by atomic mass is 10.0. The molecule has 110 valence electrons. The third-order valence-corrected chi connectivity index (χ3v) is 2.99. The Morgan fingerprint density at radius 1 is 1.10 bits per heavy atom. The lowest BCUT2D eigenvalue weighted by Gasteiger charge is -2.23. The van der Waals surface area contributed by atoms with Gasteiger partial charge in [0.05, 0.1) is 13.2 Å². The van der Waals surface area contributed by atoms with Gasteiger partial charge in [-0.15, -0.1) is 0 Å². The topological polar surface area (TPSA) is 67.4 Å². The van der Waals surface area contributed by atoms with Gasteiger partial charge < -0.3 is 10.1 Å². The summed E-state index contributed by atoms with van der Waals surface area (Å²) in [6.07, 6.45) is 0. The van der Waals surface area contributed by atoms with Gasteiger partial charge in [0.15, 0.2) is 0 Å². The molecule has 0 bridgehead atoms. The summed E-state index contributed by atoms with van der Waals surface area (Å²) in [5.41, 5.74) is 0.727. The van der Waals surface area contributed by atoms with Crippen LogP contribution in [0.4, 0.5) is 5.69 Å². The van der Waals surface area contributed by atoms with Crippen molar-refractivity contribution in [3.63, 3.8) is 0 Å². The molecule has 2 N–H and O–H groups in total. The smallest absolute Gasteiger partial charge is 0.323 e. The first-order valence-corrected chi connectivity index (χ1v) is 6.65. The molecule has 1 aromatic carbocycles. The molecule has 1 amide bonds. The van der Waals surface area contributed by atoms with Crippen LogP contribution in [0.2, 0.25) is 0 Å². The summed E-state index contributed by atoms with van der Waals surface area (Å²) in [5, 5.41) is 5.79. The predicted octanol–water partition coefficient (Wildman–Crippen LogP) is 1.80. The fourth-order valence-corrected chi connectivity index (χ4v) is 1.78. The largest absolute Gasteiger partial charge is 0.468 e. The zero-order valence-electron chi connectivity index (χ0n) is 12.3. The second kappa shape index (κ2) is 7.65. The Balaban J connectivity index is 2.62. The van der Waals surface area contributed by atoms with Crippen LogP contribution in [0.15, 0.2) is 30.3 Å². The van der Waals surface area contributed by atoms with Gasteiger partial charge in [0.2, 0.25) is 5.91 Å². The van der Waals surface area contributed by atoms with Crippen molar-refractivity contribution < 1.29 is 14.3 Å². The quantitative estimate of drug-likeness (QED) is 0.779. The van der Waals surface area contributed by atoms with E-state index in [4.69, 9.17) is 4.74 Å². The third kappa shape index (κ3) is 4.66. The molecule has 20 heavy (non-hydrogen) atoms. The number of anilines is 1. The lowest BCUT2D eigenvalue weighted by Crippen LogP contribution is -2.50. The first-order chi connectivity index (χ1) is 9.45. The minimum atomic E-state index is -0.503. The van der Waals surface area contributed by atoms with Crippen molar-refractivity contribution in [2.75, 3.05) is 12.4 Å². The van der Waals surface area contributed by atoms with Gasteiger partial charge in [-0.2, -0.15) is 0 Å². The molecule has 0 saturated carbocycles. The van der Waals surface area contributed by atoms with Crippen molar-refractivity contribution in [2.24, 2.45) is 5.92 Å². The summed E-state index contributed by atoms with van der Waals surface area (Å²) < 4.78 is 4.74. The number of benzene rings is 1. The predicted molar refractivity (Wildman–Crippen MR) is 78.3 cm³/mol. The first-order valence-electron chi connectivity index (χ1n) is 6.65. The van der Waals surface area contributed by atoms with Gasteiger partial charge in [-0.05, 0) is 25.0 Å². The molecule has 1 aromatic rings. The molecule has 0 aliphatic heterocycles. The fourth-order valence-electron chi connectivity index (χ4n) is 1.78. The Kier molecular flexibility index (Phi) is 6.18. The molecule has 5 nitrogen and oxygen atoms in total. The van der Waals surface area contributed by atoms with Crippen LogP contribution in [-0.2, 0) is 14.3 Å². The number of hydrogen-bond donors (Lipinski definition) is 2. The standard InChI is InChI=1S/C15H22N2O3/c1-10(2)13(15(19)20-4)16-11(3)14(18)17-12-8-6-5-7-9-12/h5-11,13,16H,1-4H3,(H,17,18). The van der Waals surface area contributed by atoms with E-state index < -0.39 is 12.1 Å². The van der Waals surface area contributed by atoms with Gasteiger partial charge in [-0.25, -0.2) is 0 Å². The van der Waals surface area contributed by atoms with E-state index >= 15 is 0 Å². The maximum Gasteiger partial charge on any atom is 0.323 e. The van der Waals surface area contributed by atoms with Crippen LogP contribution in [0.5, 0.6) is 0 Å². The minimum absolute atomic E-state index is 0.0365. The Morgan fingerprint density at radius 2 is 1.70 bits per heavy atom. The molecular formula is C15H22N2O3. The number of rotatable bonds is 6. The number of carbonyl (C=O) groups excluding carboxylic acids is 2. The van der Waals surface area contributed by atoms with E-state index in [1.54, 1.807) is 6.92 Å². The molecule has 5 heteroatoms. The van der Waals surface area contributed by atoms with Crippen molar-refractivity contribution in [3.8, 4) is 0 Å². The van der Waals surface area contributed by atoms with Crippen molar-refractivity contribution in [3.05, 3.63) is 30.3 Å². The maximum absolute atomic E-state index is 12.1. The van der Waals surface area contributed by atoms with Crippen molar-refractivity contribution in [2.45, 2.75) is 32.9 Å². The number of hydrogen-bond acceptors (Lipinski definition) is 4. The Labute approximate surface area is 119 Å². The Bertz CT molecular complexity index is 446. The molecule has 0 saturated heterocycles. The molecule has 0 heterocycles. The summed E-state index contributed by atoms with van der Waals surface area (Å²) >= 11 is 0. The molecule has 1 rings (SSSR count). The minimum Gasteiger partial charge on any atom is -0.468 e. The average Bonchev–Trinajstić information content (AvgIpc) is 2.44. The molecule has 0 aliphatic carbocycles. The Morgan fingerprint density at radius 3 is 2.20 bits per heavy atom. The zero-order chi connectivity index (χ0) is 15.1. The number of carbonyl (C=O) groups is 2. The van der Waals surface area contributed by atoms with Crippen LogP contribution >= 0.6 is 0 Å². The second-order valence-corrected chi connectivity index (χ2v) is 4.99. The number of amides is 1. The molecule has 0 aliphatic rings. The average molecular weight is 278 g/mol. The number of nitrogens with one attached hydrogen (secondary N) is 2. The third-order valence-electron chi connectivity index (χ3n) is 2.99. The lowest BCUT2D eigenvalue weighted by molar-refractivity contribution is -0.144. The molecule has 2 atom stereocenters. The van der Waals surface area contributed by atoms with E-state index in [2.05, 4.69) is 10.6 Å². The van der Waals surface area contributed by atoms with Crippen LogP contribution in [0, 0.1) is 5.92 Å². The van der Waals surface area contributed by atoms with E-state index in [-0.39, 0.29) is 17.8 Å². The van der Waals surface area contributed by atoms with Gasteiger partial charge >= 0.3 is 5.97 Å². The SMILES string of the molecule is COC(=O)C(NC(C)C(=O)Nc1ccccc1)C(C)C. The normalized spacial score (nSPS) is 13.7. The molecule has 0 fully saturated rings. The summed E-state index contributed by atoms with van der Waals surface area (Å²) in [5.74, 6) is -0.514. The van der Waals surface area contributed by atoms with Gasteiger partial charge in [-0.3, -0.25) is 14.9 Å². The highest BCUT2D eigenvalue weighted by Crippen LogP contribution is 2.08. The van der Waals surface area contributed by atoms with Crippen molar-refractivity contribution in [1.82, 2.24) is 5.32 Å². The Hall–Kier alpha value is -1.88. The fraction of sp³-hybridized carbons (Fsp3) is 0.467. The van der Waals surface area contributed by atoms with Crippen molar-refractivity contribution in [1.29, 1.82) is 0 Å². The van der Waals surface area contributed by atoms with E-state index in [0.717, 1.165) is 5.69 Å². The zero-order valence-corrected chi connectivity index (χ0v) is 12.3. The maximum atomic E-state index is 12.1. The molecule has 0 aromatic heterocycles. The summed E-state index contributed by atoms with van der Waals surface area (Å²) in [7, 11) is 1.34.